The average Bonchev–Trinajstić information content (AvgIpc) is 2.70. The maximum absolute atomic E-state index is 13.5. The number of rotatable bonds is 3. The van der Waals surface area contributed by atoms with Gasteiger partial charge in [0.1, 0.15) is 11.6 Å². The van der Waals surface area contributed by atoms with Crippen LogP contribution in [0.15, 0.2) is 18.2 Å². The fourth-order valence-electron chi connectivity index (χ4n) is 2.42. The minimum Gasteiger partial charge on any atom is -0.378 e. The normalized spacial score (nSPS) is 26.1. The molecule has 2 rings (SSSR count). The van der Waals surface area contributed by atoms with Crippen LogP contribution < -0.4 is 5.73 Å². The third-order valence-corrected chi connectivity index (χ3v) is 3.45. The van der Waals surface area contributed by atoms with Crippen LogP contribution in [0.3, 0.4) is 0 Å². The van der Waals surface area contributed by atoms with Crippen LogP contribution in [0, 0.1) is 17.6 Å². The fraction of sp³-hybridized carbons (Fsp3) is 0.538. The molecule has 1 fully saturated rings. The van der Waals surface area contributed by atoms with Crippen LogP contribution in [-0.4, -0.2) is 18.8 Å². The number of benzene rings is 1. The van der Waals surface area contributed by atoms with Crippen LogP contribution in [0.5, 0.6) is 0 Å². The summed E-state index contributed by atoms with van der Waals surface area (Å²) < 4.78 is 31.9. The number of nitrogens with two attached hydrogens (primary N) is 1. The summed E-state index contributed by atoms with van der Waals surface area (Å²) in [5, 5.41) is 0. The third kappa shape index (κ3) is 2.82. The van der Waals surface area contributed by atoms with Crippen molar-refractivity contribution in [3.63, 3.8) is 0 Å². The van der Waals surface area contributed by atoms with E-state index in [-0.39, 0.29) is 18.1 Å². The Labute approximate surface area is 99.8 Å². The van der Waals surface area contributed by atoms with Gasteiger partial charge in [-0.1, -0.05) is 0 Å². The topological polar surface area (TPSA) is 35.2 Å². The van der Waals surface area contributed by atoms with Crippen LogP contribution >= 0.6 is 0 Å². The molecule has 0 aromatic heterocycles. The Morgan fingerprint density at radius 2 is 2.24 bits per heavy atom. The van der Waals surface area contributed by atoms with Gasteiger partial charge in [-0.25, -0.2) is 8.78 Å². The highest BCUT2D eigenvalue weighted by atomic mass is 19.1. The Morgan fingerprint density at radius 3 is 2.88 bits per heavy atom. The molecule has 2 nitrogen and oxygen atoms in total. The van der Waals surface area contributed by atoms with Crippen molar-refractivity contribution in [3.8, 4) is 0 Å². The van der Waals surface area contributed by atoms with Gasteiger partial charge in [-0.2, -0.15) is 0 Å². The molecule has 3 atom stereocenters. The predicted molar refractivity (Wildman–Crippen MR) is 61.6 cm³/mol. The first-order valence-corrected chi connectivity index (χ1v) is 5.89. The Balaban J connectivity index is 2.07. The molecule has 3 unspecified atom stereocenters. The Bertz CT molecular complexity index is 397. The van der Waals surface area contributed by atoms with Crippen molar-refractivity contribution in [1.29, 1.82) is 0 Å². The van der Waals surface area contributed by atoms with Gasteiger partial charge >= 0.3 is 0 Å². The highest BCUT2D eigenvalue weighted by Crippen LogP contribution is 2.25. The van der Waals surface area contributed by atoms with E-state index in [2.05, 4.69) is 0 Å². The van der Waals surface area contributed by atoms with Gasteiger partial charge in [-0.05, 0) is 43.5 Å². The third-order valence-electron chi connectivity index (χ3n) is 3.45. The molecule has 1 aliphatic rings. The van der Waals surface area contributed by atoms with Crippen LogP contribution in [0.2, 0.25) is 0 Å². The van der Waals surface area contributed by atoms with Crippen molar-refractivity contribution in [1.82, 2.24) is 0 Å². The summed E-state index contributed by atoms with van der Waals surface area (Å²) in [6.45, 7) is 2.67. The van der Waals surface area contributed by atoms with Crippen LogP contribution in [0.1, 0.15) is 18.9 Å². The minimum absolute atomic E-state index is 0.0987. The molecule has 0 bridgehead atoms. The van der Waals surface area contributed by atoms with E-state index >= 15 is 0 Å². The summed E-state index contributed by atoms with van der Waals surface area (Å²) in [7, 11) is 0. The lowest BCUT2D eigenvalue weighted by molar-refractivity contribution is 0.0994. The molecule has 1 saturated heterocycles. The highest BCUT2D eigenvalue weighted by Gasteiger charge is 2.30. The van der Waals surface area contributed by atoms with E-state index < -0.39 is 11.6 Å². The molecule has 0 aliphatic carbocycles. The van der Waals surface area contributed by atoms with Crippen molar-refractivity contribution in [2.24, 2.45) is 11.7 Å². The lowest BCUT2D eigenvalue weighted by atomic mass is 9.89. The van der Waals surface area contributed by atoms with Gasteiger partial charge in [0.05, 0.1) is 6.10 Å². The molecule has 1 aliphatic heterocycles. The molecule has 0 saturated carbocycles. The van der Waals surface area contributed by atoms with E-state index in [1.165, 1.54) is 6.07 Å². The number of halogens is 2. The molecule has 0 amide bonds. The molecule has 17 heavy (non-hydrogen) atoms. The Morgan fingerprint density at radius 1 is 1.47 bits per heavy atom. The first-order chi connectivity index (χ1) is 8.08. The highest BCUT2D eigenvalue weighted by molar-refractivity contribution is 5.20. The van der Waals surface area contributed by atoms with Crippen molar-refractivity contribution >= 4 is 0 Å². The van der Waals surface area contributed by atoms with E-state index in [9.17, 15) is 8.78 Å². The van der Waals surface area contributed by atoms with Gasteiger partial charge < -0.3 is 10.5 Å². The summed E-state index contributed by atoms with van der Waals surface area (Å²) in [4.78, 5) is 0. The average molecular weight is 241 g/mol. The van der Waals surface area contributed by atoms with Gasteiger partial charge in [0.15, 0.2) is 0 Å². The van der Waals surface area contributed by atoms with Crippen molar-refractivity contribution in [2.75, 3.05) is 6.61 Å². The molecule has 2 N–H and O–H groups in total. The molecule has 1 aromatic carbocycles. The predicted octanol–water partition coefficient (Wildman–Crippen LogP) is 2.26. The zero-order valence-electron chi connectivity index (χ0n) is 9.83. The molecule has 1 aromatic rings. The van der Waals surface area contributed by atoms with E-state index in [0.29, 0.717) is 18.6 Å². The van der Waals surface area contributed by atoms with Gasteiger partial charge in [0.25, 0.3) is 0 Å². The van der Waals surface area contributed by atoms with E-state index in [4.69, 9.17) is 10.5 Å². The smallest absolute Gasteiger partial charge is 0.126 e. The lowest BCUT2D eigenvalue weighted by Gasteiger charge is -2.22. The summed E-state index contributed by atoms with van der Waals surface area (Å²) in [5.74, 6) is -0.601. The first kappa shape index (κ1) is 12.5. The molecule has 0 radical (unpaired) electrons. The summed E-state index contributed by atoms with van der Waals surface area (Å²) >= 11 is 0. The molecule has 1 heterocycles. The van der Waals surface area contributed by atoms with Gasteiger partial charge in [-0.15, -0.1) is 0 Å². The molecule has 0 spiro atoms. The van der Waals surface area contributed by atoms with Crippen molar-refractivity contribution < 1.29 is 13.5 Å². The first-order valence-electron chi connectivity index (χ1n) is 5.89. The maximum atomic E-state index is 13.5. The molecular formula is C13H17F2NO. The zero-order chi connectivity index (χ0) is 12.4. The quantitative estimate of drug-likeness (QED) is 0.881. The second kappa shape index (κ2) is 5.10. The lowest BCUT2D eigenvalue weighted by Crippen LogP contribution is -2.36. The van der Waals surface area contributed by atoms with Gasteiger partial charge in [0.2, 0.25) is 0 Å². The standard InChI is InChI=1S/C13H17F2NO/c1-8-11(4-5-17-8)13(16)7-9-6-10(14)2-3-12(9)15/h2-3,6,8,11,13H,4-5,7,16H2,1H3. The monoisotopic (exact) mass is 241 g/mol. The summed E-state index contributed by atoms with van der Waals surface area (Å²) in [6.07, 6.45) is 1.34. The Kier molecular flexibility index (Phi) is 3.74. The number of hydrogen-bond donors (Lipinski definition) is 1. The van der Waals surface area contributed by atoms with Crippen LogP contribution in [0.4, 0.5) is 8.78 Å². The number of ether oxygens (including phenoxy) is 1. The maximum Gasteiger partial charge on any atom is 0.126 e. The van der Waals surface area contributed by atoms with Crippen molar-refractivity contribution in [2.45, 2.75) is 31.9 Å². The molecule has 94 valence electrons. The minimum atomic E-state index is -0.427. The molecular weight excluding hydrogens is 224 g/mol. The van der Waals surface area contributed by atoms with E-state index in [1.807, 2.05) is 6.92 Å². The van der Waals surface area contributed by atoms with Crippen LogP contribution in [0.25, 0.3) is 0 Å². The van der Waals surface area contributed by atoms with Gasteiger partial charge in [-0.3, -0.25) is 0 Å². The van der Waals surface area contributed by atoms with E-state index in [0.717, 1.165) is 18.6 Å². The summed E-state index contributed by atoms with van der Waals surface area (Å²) in [6, 6.07) is 3.29. The zero-order valence-corrected chi connectivity index (χ0v) is 9.83. The SMILES string of the molecule is CC1OCCC1C(N)Cc1cc(F)ccc1F. The molecule has 4 heteroatoms. The Hall–Kier alpha value is -1.00. The van der Waals surface area contributed by atoms with E-state index in [1.54, 1.807) is 0 Å². The second-order valence-electron chi connectivity index (χ2n) is 4.63. The largest absolute Gasteiger partial charge is 0.378 e. The second-order valence-corrected chi connectivity index (χ2v) is 4.63. The van der Waals surface area contributed by atoms with Crippen molar-refractivity contribution in [3.05, 3.63) is 35.4 Å². The number of hydrogen-bond acceptors (Lipinski definition) is 2. The fourth-order valence-corrected chi connectivity index (χ4v) is 2.42. The summed E-state index contributed by atoms with van der Waals surface area (Å²) in [5.41, 5.74) is 6.40. The van der Waals surface area contributed by atoms with Crippen LogP contribution in [-0.2, 0) is 11.2 Å². The van der Waals surface area contributed by atoms with Gasteiger partial charge in [0, 0.05) is 18.6 Å².